The molecule has 0 aromatic carbocycles. The molecule has 0 unspecified atom stereocenters. The first kappa shape index (κ1) is 12.9. The number of hydrogen-bond acceptors (Lipinski definition) is 3. The van der Waals surface area contributed by atoms with Gasteiger partial charge in [-0.25, -0.2) is 0 Å². The van der Waals surface area contributed by atoms with Crippen LogP contribution < -0.4 is 0 Å². The molecular weight excluding hydrogens is 178 g/mol. The summed E-state index contributed by atoms with van der Waals surface area (Å²) >= 11 is 0. The minimum atomic E-state index is 0.139. The first-order chi connectivity index (χ1) is 6.61. The van der Waals surface area contributed by atoms with Crippen molar-refractivity contribution in [2.75, 3.05) is 33.7 Å². The van der Waals surface area contributed by atoms with E-state index < -0.39 is 0 Å². The van der Waals surface area contributed by atoms with Crippen molar-refractivity contribution < 1.29 is 4.79 Å². The van der Waals surface area contributed by atoms with Crippen LogP contribution in [0, 0.1) is 11.3 Å². The fraction of sp³-hybridized carbons (Fsp3) is 0.800. The van der Waals surface area contributed by atoms with Gasteiger partial charge in [0.05, 0.1) is 6.07 Å². The van der Waals surface area contributed by atoms with Crippen LogP contribution in [0.2, 0.25) is 0 Å². The predicted octanol–water partition coefficient (Wildman–Crippen LogP) is 0.700. The highest BCUT2D eigenvalue weighted by molar-refractivity contribution is 5.75. The molecule has 4 heteroatoms. The Morgan fingerprint density at radius 2 is 2.00 bits per heavy atom. The maximum atomic E-state index is 11.3. The predicted molar refractivity (Wildman–Crippen MR) is 55.7 cm³/mol. The summed E-state index contributed by atoms with van der Waals surface area (Å²) in [5, 5.41) is 8.42. The molecule has 0 bridgehead atoms. The maximum absolute atomic E-state index is 11.3. The number of rotatable bonds is 6. The van der Waals surface area contributed by atoms with Crippen LogP contribution in [0.15, 0.2) is 0 Å². The number of hydrogen-bond donors (Lipinski definition) is 0. The summed E-state index contributed by atoms with van der Waals surface area (Å²) in [5.41, 5.74) is 0. The Balaban J connectivity index is 3.73. The number of nitrogens with zero attached hydrogens (tertiary/aromatic N) is 3. The lowest BCUT2D eigenvalue weighted by Crippen LogP contribution is -2.30. The van der Waals surface area contributed by atoms with Crippen molar-refractivity contribution in [1.82, 2.24) is 9.80 Å². The molecule has 0 spiro atoms. The molecule has 80 valence electrons. The van der Waals surface area contributed by atoms with Gasteiger partial charge in [-0.2, -0.15) is 5.26 Å². The Morgan fingerprint density at radius 1 is 1.36 bits per heavy atom. The highest BCUT2D eigenvalue weighted by Crippen LogP contribution is 1.95. The average molecular weight is 197 g/mol. The minimum Gasteiger partial charge on any atom is -0.349 e. The lowest BCUT2D eigenvalue weighted by molar-refractivity contribution is -0.129. The highest BCUT2D eigenvalue weighted by atomic mass is 16.2. The molecule has 0 radical (unpaired) electrons. The van der Waals surface area contributed by atoms with E-state index in [-0.39, 0.29) is 5.91 Å². The van der Waals surface area contributed by atoms with E-state index in [1.807, 2.05) is 6.92 Å². The van der Waals surface area contributed by atoms with Gasteiger partial charge in [0.15, 0.2) is 0 Å². The standard InChI is InChI=1S/C10H19N3O/c1-4-13(8-5-7-11)9-6-10(14)12(2)3/h4-6,8-9H2,1-3H3. The Bertz CT molecular complexity index is 208. The molecule has 14 heavy (non-hydrogen) atoms. The summed E-state index contributed by atoms with van der Waals surface area (Å²) in [5.74, 6) is 0.139. The van der Waals surface area contributed by atoms with E-state index in [9.17, 15) is 4.79 Å². The Kier molecular flexibility index (Phi) is 6.77. The van der Waals surface area contributed by atoms with E-state index in [4.69, 9.17) is 5.26 Å². The van der Waals surface area contributed by atoms with Gasteiger partial charge in [-0.15, -0.1) is 0 Å². The molecule has 0 aliphatic carbocycles. The fourth-order valence-corrected chi connectivity index (χ4v) is 1.11. The zero-order valence-corrected chi connectivity index (χ0v) is 9.29. The number of amides is 1. The summed E-state index contributed by atoms with van der Waals surface area (Å²) in [6.45, 7) is 4.43. The van der Waals surface area contributed by atoms with Crippen LogP contribution in [0.25, 0.3) is 0 Å². The second-order valence-electron chi connectivity index (χ2n) is 3.38. The van der Waals surface area contributed by atoms with Crippen LogP contribution in [0.4, 0.5) is 0 Å². The second kappa shape index (κ2) is 7.34. The second-order valence-corrected chi connectivity index (χ2v) is 3.38. The first-order valence-corrected chi connectivity index (χ1v) is 4.91. The van der Waals surface area contributed by atoms with Crippen LogP contribution in [-0.4, -0.2) is 49.4 Å². The quantitative estimate of drug-likeness (QED) is 0.629. The van der Waals surface area contributed by atoms with E-state index in [1.165, 1.54) is 0 Å². The van der Waals surface area contributed by atoms with Gasteiger partial charge in [0.2, 0.25) is 5.91 Å². The van der Waals surface area contributed by atoms with E-state index in [1.54, 1.807) is 19.0 Å². The molecule has 0 saturated heterocycles. The molecule has 0 aromatic rings. The Morgan fingerprint density at radius 3 is 2.43 bits per heavy atom. The summed E-state index contributed by atoms with van der Waals surface area (Å²) in [6.07, 6.45) is 1.07. The molecule has 0 aliphatic rings. The first-order valence-electron chi connectivity index (χ1n) is 4.91. The van der Waals surface area contributed by atoms with Crippen molar-refractivity contribution in [3.8, 4) is 6.07 Å². The third-order valence-corrected chi connectivity index (χ3v) is 2.13. The van der Waals surface area contributed by atoms with E-state index in [2.05, 4.69) is 11.0 Å². The van der Waals surface area contributed by atoms with Crippen LogP contribution in [0.1, 0.15) is 19.8 Å². The van der Waals surface area contributed by atoms with Crippen molar-refractivity contribution in [3.63, 3.8) is 0 Å². The van der Waals surface area contributed by atoms with Gasteiger partial charge in [0.1, 0.15) is 0 Å². The average Bonchev–Trinajstić information content (AvgIpc) is 2.17. The molecule has 0 aliphatic heterocycles. The number of nitriles is 1. The van der Waals surface area contributed by atoms with Crippen molar-refractivity contribution in [3.05, 3.63) is 0 Å². The van der Waals surface area contributed by atoms with Crippen LogP contribution in [0.5, 0.6) is 0 Å². The van der Waals surface area contributed by atoms with E-state index in [0.717, 1.165) is 19.6 Å². The van der Waals surface area contributed by atoms with Crippen LogP contribution in [0.3, 0.4) is 0 Å². The number of carbonyl (C=O) groups excluding carboxylic acids is 1. The van der Waals surface area contributed by atoms with Gasteiger partial charge in [-0.3, -0.25) is 4.79 Å². The molecule has 0 N–H and O–H groups in total. The van der Waals surface area contributed by atoms with Crippen molar-refractivity contribution in [2.24, 2.45) is 0 Å². The third kappa shape index (κ3) is 5.55. The summed E-state index contributed by atoms with van der Waals surface area (Å²) in [7, 11) is 3.52. The zero-order chi connectivity index (χ0) is 11.0. The lowest BCUT2D eigenvalue weighted by Gasteiger charge is -2.19. The zero-order valence-electron chi connectivity index (χ0n) is 9.29. The fourth-order valence-electron chi connectivity index (χ4n) is 1.11. The van der Waals surface area contributed by atoms with Gasteiger partial charge < -0.3 is 9.80 Å². The molecule has 0 heterocycles. The highest BCUT2D eigenvalue weighted by Gasteiger charge is 2.07. The van der Waals surface area contributed by atoms with E-state index >= 15 is 0 Å². The van der Waals surface area contributed by atoms with Gasteiger partial charge in [-0.05, 0) is 6.54 Å². The van der Waals surface area contributed by atoms with Crippen LogP contribution >= 0.6 is 0 Å². The summed E-state index contributed by atoms with van der Waals surface area (Å²) in [6, 6.07) is 2.11. The molecule has 0 atom stereocenters. The molecular formula is C10H19N3O. The van der Waals surface area contributed by atoms with Gasteiger partial charge in [-0.1, -0.05) is 6.92 Å². The normalized spacial score (nSPS) is 9.93. The lowest BCUT2D eigenvalue weighted by atomic mass is 10.3. The molecule has 0 rings (SSSR count). The van der Waals surface area contributed by atoms with Gasteiger partial charge in [0.25, 0.3) is 0 Å². The molecule has 0 fully saturated rings. The maximum Gasteiger partial charge on any atom is 0.223 e. The smallest absolute Gasteiger partial charge is 0.223 e. The third-order valence-electron chi connectivity index (χ3n) is 2.13. The molecule has 1 amide bonds. The van der Waals surface area contributed by atoms with Crippen molar-refractivity contribution in [1.29, 1.82) is 5.26 Å². The van der Waals surface area contributed by atoms with Gasteiger partial charge >= 0.3 is 0 Å². The van der Waals surface area contributed by atoms with Crippen molar-refractivity contribution >= 4 is 5.91 Å². The van der Waals surface area contributed by atoms with Gasteiger partial charge in [0, 0.05) is 40.0 Å². The van der Waals surface area contributed by atoms with E-state index in [0.29, 0.717) is 12.8 Å². The summed E-state index contributed by atoms with van der Waals surface area (Å²) < 4.78 is 0. The topological polar surface area (TPSA) is 47.3 Å². The van der Waals surface area contributed by atoms with Crippen LogP contribution in [-0.2, 0) is 4.79 Å². The number of carbonyl (C=O) groups is 1. The Hall–Kier alpha value is -1.08. The largest absolute Gasteiger partial charge is 0.349 e. The Labute approximate surface area is 86.1 Å². The monoisotopic (exact) mass is 197 g/mol. The minimum absolute atomic E-state index is 0.139. The SMILES string of the molecule is CCN(CCC#N)CCC(=O)N(C)C. The molecule has 0 saturated carbocycles. The summed E-state index contributed by atoms with van der Waals surface area (Å²) in [4.78, 5) is 15.0. The molecule has 4 nitrogen and oxygen atoms in total. The van der Waals surface area contributed by atoms with Crippen molar-refractivity contribution in [2.45, 2.75) is 19.8 Å². The molecule has 0 aromatic heterocycles.